The van der Waals surface area contributed by atoms with Crippen LogP contribution in [0.2, 0.25) is 0 Å². The molecule has 2 aromatic rings. The topological polar surface area (TPSA) is 123 Å². The standard InChI is InChI=1S/C21H25NO7S/c1-12(2)9-28-14-4-5-15-13(3)16(21(25)29-19(15)8-14)6-7-20(24)22-17-10-30(26,27)11-18(17)23/h4-5,8,17-18,23H,1,6-7,9-11H2,2-3H3,(H,22,24)/t17-,18+/m0/s1. The monoisotopic (exact) mass is 435 g/mol. The van der Waals surface area contributed by atoms with E-state index >= 15 is 0 Å². The van der Waals surface area contributed by atoms with Gasteiger partial charge in [0.05, 0.1) is 23.7 Å². The van der Waals surface area contributed by atoms with Gasteiger partial charge in [0.2, 0.25) is 5.91 Å². The first-order chi connectivity index (χ1) is 14.1. The second kappa shape index (κ2) is 8.61. The number of amides is 1. The van der Waals surface area contributed by atoms with Crippen LogP contribution in [-0.2, 0) is 21.1 Å². The van der Waals surface area contributed by atoms with Crippen LogP contribution in [0.25, 0.3) is 11.0 Å². The van der Waals surface area contributed by atoms with Gasteiger partial charge in [0.1, 0.15) is 17.9 Å². The second-order valence-corrected chi connectivity index (χ2v) is 9.87. The molecule has 1 fully saturated rings. The van der Waals surface area contributed by atoms with E-state index in [1.54, 1.807) is 25.1 Å². The van der Waals surface area contributed by atoms with E-state index in [-0.39, 0.29) is 24.3 Å². The Hall–Kier alpha value is -2.65. The van der Waals surface area contributed by atoms with E-state index in [1.807, 2.05) is 6.92 Å². The quantitative estimate of drug-likeness (QED) is 0.496. The summed E-state index contributed by atoms with van der Waals surface area (Å²) in [6, 6.07) is 4.39. The van der Waals surface area contributed by atoms with Crippen molar-refractivity contribution in [3.05, 3.63) is 51.9 Å². The lowest BCUT2D eigenvalue weighted by Gasteiger charge is -2.15. The van der Waals surface area contributed by atoms with Gasteiger partial charge in [-0.15, -0.1) is 0 Å². The zero-order chi connectivity index (χ0) is 22.1. The van der Waals surface area contributed by atoms with Gasteiger partial charge < -0.3 is 19.6 Å². The van der Waals surface area contributed by atoms with Crippen molar-refractivity contribution >= 4 is 26.7 Å². The Morgan fingerprint density at radius 3 is 2.73 bits per heavy atom. The van der Waals surface area contributed by atoms with Gasteiger partial charge in [-0.3, -0.25) is 4.79 Å². The third-order valence-corrected chi connectivity index (χ3v) is 6.73. The number of aryl methyl sites for hydroxylation is 1. The summed E-state index contributed by atoms with van der Waals surface area (Å²) < 4.78 is 34.1. The number of benzene rings is 1. The zero-order valence-corrected chi connectivity index (χ0v) is 17.8. The van der Waals surface area contributed by atoms with Gasteiger partial charge in [-0.05, 0) is 43.5 Å². The number of nitrogens with one attached hydrogen (secondary N) is 1. The van der Waals surface area contributed by atoms with Crippen LogP contribution in [0, 0.1) is 6.92 Å². The van der Waals surface area contributed by atoms with Gasteiger partial charge in [0.25, 0.3) is 0 Å². The number of carbonyl (C=O) groups is 1. The molecule has 2 heterocycles. The molecule has 9 heteroatoms. The maximum absolute atomic E-state index is 12.5. The van der Waals surface area contributed by atoms with Crippen molar-refractivity contribution in [2.75, 3.05) is 18.1 Å². The molecule has 0 saturated carbocycles. The summed E-state index contributed by atoms with van der Waals surface area (Å²) in [6.45, 7) is 7.77. The number of aliphatic hydroxyl groups is 1. The van der Waals surface area contributed by atoms with E-state index in [4.69, 9.17) is 9.15 Å². The van der Waals surface area contributed by atoms with Gasteiger partial charge >= 0.3 is 5.63 Å². The molecule has 1 aromatic heterocycles. The summed E-state index contributed by atoms with van der Waals surface area (Å²) in [4.78, 5) is 24.7. The fourth-order valence-electron chi connectivity index (χ4n) is 3.44. The van der Waals surface area contributed by atoms with Gasteiger partial charge in [-0.25, -0.2) is 13.2 Å². The summed E-state index contributed by atoms with van der Waals surface area (Å²) in [6.07, 6.45) is -1.01. The molecule has 162 valence electrons. The lowest BCUT2D eigenvalue weighted by Crippen LogP contribution is -2.42. The van der Waals surface area contributed by atoms with Crippen LogP contribution >= 0.6 is 0 Å². The summed E-state index contributed by atoms with van der Waals surface area (Å²) in [5, 5.41) is 13.1. The average Bonchev–Trinajstić information content (AvgIpc) is 2.90. The Balaban J connectivity index is 1.71. The molecule has 0 spiro atoms. The highest BCUT2D eigenvalue weighted by molar-refractivity contribution is 7.91. The van der Waals surface area contributed by atoms with Crippen molar-refractivity contribution in [2.24, 2.45) is 0 Å². The Bertz CT molecular complexity index is 1150. The molecule has 0 radical (unpaired) electrons. The van der Waals surface area contributed by atoms with Crippen molar-refractivity contribution in [2.45, 2.75) is 38.8 Å². The Labute approximate surface area is 174 Å². The third-order valence-electron chi connectivity index (χ3n) is 5.02. The lowest BCUT2D eigenvalue weighted by atomic mass is 10.0. The normalized spacial score (nSPS) is 20.2. The molecule has 2 N–H and O–H groups in total. The SMILES string of the molecule is C=C(C)COc1ccc2c(C)c(CCC(=O)N[C@H]3CS(=O)(=O)C[C@H]3O)c(=O)oc2c1. The van der Waals surface area contributed by atoms with Crippen molar-refractivity contribution in [3.63, 3.8) is 0 Å². The minimum absolute atomic E-state index is 0.0276. The fourth-order valence-corrected chi connectivity index (χ4v) is 5.19. The molecule has 1 saturated heterocycles. The molecular formula is C21H25NO7S. The number of rotatable bonds is 7. The van der Waals surface area contributed by atoms with Gasteiger partial charge in [0.15, 0.2) is 9.84 Å². The van der Waals surface area contributed by atoms with Crippen LogP contribution in [0.1, 0.15) is 24.5 Å². The Kier molecular flexibility index (Phi) is 6.33. The van der Waals surface area contributed by atoms with Crippen LogP contribution in [0.5, 0.6) is 5.75 Å². The average molecular weight is 435 g/mol. The maximum atomic E-state index is 12.5. The van der Waals surface area contributed by atoms with E-state index in [1.165, 1.54) is 0 Å². The molecule has 0 unspecified atom stereocenters. The summed E-state index contributed by atoms with van der Waals surface area (Å²) in [7, 11) is -3.35. The number of carbonyl (C=O) groups excluding carboxylic acids is 1. The number of hydrogen-bond donors (Lipinski definition) is 2. The van der Waals surface area contributed by atoms with Crippen LogP contribution in [0.3, 0.4) is 0 Å². The highest BCUT2D eigenvalue weighted by atomic mass is 32.2. The molecular weight excluding hydrogens is 410 g/mol. The summed E-state index contributed by atoms with van der Waals surface area (Å²) in [5.74, 6) is -0.514. The zero-order valence-electron chi connectivity index (χ0n) is 16.9. The fraction of sp³-hybridized carbons (Fsp3) is 0.429. The van der Waals surface area contributed by atoms with E-state index in [9.17, 15) is 23.1 Å². The summed E-state index contributed by atoms with van der Waals surface area (Å²) >= 11 is 0. The smallest absolute Gasteiger partial charge is 0.339 e. The van der Waals surface area contributed by atoms with Crippen molar-refractivity contribution in [1.82, 2.24) is 5.32 Å². The number of sulfone groups is 1. The molecule has 0 aliphatic carbocycles. The molecule has 1 aromatic carbocycles. The highest BCUT2D eigenvalue weighted by Crippen LogP contribution is 2.25. The first-order valence-electron chi connectivity index (χ1n) is 9.57. The predicted molar refractivity (Wildman–Crippen MR) is 112 cm³/mol. The molecule has 30 heavy (non-hydrogen) atoms. The highest BCUT2D eigenvalue weighted by Gasteiger charge is 2.37. The van der Waals surface area contributed by atoms with Crippen LogP contribution in [0.15, 0.2) is 39.6 Å². The van der Waals surface area contributed by atoms with Crippen molar-refractivity contribution < 1.29 is 27.5 Å². The number of hydrogen-bond acceptors (Lipinski definition) is 7. The lowest BCUT2D eigenvalue weighted by molar-refractivity contribution is -0.122. The van der Waals surface area contributed by atoms with E-state index < -0.39 is 33.5 Å². The number of aliphatic hydroxyl groups excluding tert-OH is 1. The second-order valence-electron chi connectivity index (χ2n) is 7.72. The largest absolute Gasteiger partial charge is 0.489 e. The van der Waals surface area contributed by atoms with E-state index in [0.717, 1.165) is 11.0 Å². The number of fused-ring (bicyclic) bond motifs is 1. The molecule has 2 atom stereocenters. The minimum Gasteiger partial charge on any atom is -0.489 e. The predicted octanol–water partition coefficient (Wildman–Crippen LogP) is 1.26. The van der Waals surface area contributed by atoms with Crippen molar-refractivity contribution in [3.8, 4) is 5.75 Å². The minimum atomic E-state index is -3.35. The Morgan fingerprint density at radius 2 is 2.10 bits per heavy atom. The summed E-state index contributed by atoms with van der Waals surface area (Å²) in [5.41, 5.74) is 1.82. The molecule has 0 bridgehead atoms. The van der Waals surface area contributed by atoms with Crippen LogP contribution in [0.4, 0.5) is 0 Å². The first kappa shape index (κ1) is 22.0. The van der Waals surface area contributed by atoms with Gasteiger partial charge in [0, 0.05) is 23.4 Å². The number of ether oxygens (including phenoxy) is 1. The van der Waals surface area contributed by atoms with E-state index in [2.05, 4.69) is 11.9 Å². The first-order valence-corrected chi connectivity index (χ1v) is 11.4. The van der Waals surface area contributed by atoms with Gasteiger partial charge in [-0.2, -0.15) is 0 Å². The molecule has 1 aliphatic heterocycles. The molecule has 3 rings (SSSR count). The molecule has 1 amide bonds. The van der Waals surface area contributed by atoms with Crippen LogP contribution < -0.4 is 15.7 Å². The van der Waals surface area contributed by atoms with Crippen molar-refractivity contribution in [1.29, 1.82) is 0 Å². The van der Waals surface area contributed by atoms with Crippen LogP contribution in [-0.4, -0.2) is 49.7 Å². The van der Waals surface area contributed by atoms with E-state index in [0.29, 0.717) is 29.1 Å². The molecule has 8 nitrogen and oxygen atoms in total. The van der Waals surface area contributed by atoms with Gasteiger partial charge in [-0.1, -0.05) is 6.58 Å². The maximum Gasteiger partial charge on any atom is 0.339 e. The molecule has 1 aliphatic rings. The third kappa shape index (κ3) is 5.09. The Morgan fingerprint density at radius 1 is 1.37 bits per heavy atom.